The minimum absolute atomic E-state index is 0.0594. The van der Waals surface area contributed by atoms with Crippen molar-refractivity contribution in [2.75, 3.05) is 0 Å². The average molecular weight is 390 g/mol. The van der Waals surface area contributed by atoms with Gasteiger partial charge in [-0.15, -0.1) is 0 Å². The zero-order chi connectivity index (χ0) is 19.7. The Hall–Kier alpha value is -2.67. The molecule has 3 aromatic rings. The van der Waals surface area contributed by atoms with Gasteiger partial charge in [0.2, 0.25) is 0 Å². The number of benzene rings is 2. The van der Waals surface area contributed by atoms with Crippen LogP contribution in [0.2, 0.25) is 0 Å². The summed E-state index contributed by atoms with van der Waals surface area (Å²) in [6.45, 7) is 0.394. The lowest BCUT2D eigenvalue weighted by Gasteiger charge is -2.36. The van der Waals surface area contributed by atoms with Crippen molar-refractivity contribution in [3.05, 3.63) is 71.8 Å². The molecule has 1 aliphatic rings. The van der Waals surface area contributed by atoms with E-state index in [0.29, 0.717) is 17.9 Å². The van der Waals surface area contributed by atoms with E-state index in [0.717, 1.165) is 35.7 Å². The van der Waals surface area contributed by atoms with Gasteiger partial charge in [0.1, 0.15) is 17.7 Å². The van der Waals surface area contributed by atoms with Crippen molar-refractivity contribution < 1.29 is 22.3 Å². The molecular formula is C21H18F4N2O. The molecule has 0 saturated heterocycles. The minimum Gasteiger partial charge on any atom is -0.490 e. The zero-order valence-electron chi connectivity index (χ0n) is 14.8. The van der Waals surface area contributed by atoms with Crippen molar-refractivity contribution >= 4 is 10.8 Å². The lowest BCUT2D eigenvalue weighted by Crippen LogP contribution is -2.46. The largest absolute Gasteiger partial charge is 0.490 e. The molecule has 0 spiro atoms. The summed E-state index contributed by atoms with van der Waals surface area (Å²) in [5, 5.41) is 5.04. The Morgan fingerprint density at radius 2 is 1.79 bits per heavy atom. The van der Waals surface area contributed by atoms with Gasteiger partial charge < -0.3 is 10.1 Å². The van der Waals surface area contributed by atoms with Crippen LogP contribution in [0.15, 0.2) is 54.9 Å². The maximum Gasteiger partial charge on any atom is 0.416 e. The lowest BCUT2D eigenvalue weighted by atomic mass is 9.89. The number of hydrogen-bond donors (Lipinski definition) is 1. The van der Waals surface area contributed by atoms with Crippen LogP contribution in [0.1, 0.15) is 24.0 Å². The molecule has 0 bridgehead atoms. The molecule has 1 N–H and O–H groups in total. The number of pyridine rings is 1. The van der Waals surface area contributed by atoms with Gasteiger partial charge in [-0.3, -0.25) is 4.98 Å². The van der Waals surface area contributed by atoms with Crippen LogP contribution in [-0.4, -0.2) is 17.1 Å². The monoisotopic (exact) mass is 390 g/mol. The maximum absolute atomic E-state index is 14.2. The summed E-state index contributed by atoms with van der Waals surface area (Å²) < 4.78 is 57.7. The van der Waals surface area contributed by atoms with Gasteiger partial charge >= 0.3 is 6.18 Å². The second-order valence-electron chi connectivity index (χ2n) is 6.93. The van der Waals surface area contributed by atoms with Gasteiger partial charge in [0.15, 0.2) is 0 Å². The molecular weight excluding hydrogens is 372 g/mol. The van der Waals surface area contributed by atoms with Crippen LogP contribution in [0.3, 0.4) is 0 Å². The molecule has 0 atom stereocenters. The SMILES string of the molecule is Fc1ccc2cnccc2c1CN[C@H]1C[C@H](Oc2ccc(C(F)(F)F)cc2)C1. The number of ether oxygens (including phenoxy) is 1. The van der Waals surface area contributed by atoms with Gasteiger partial charge in [-0.25, -0.2) is 4.39 Å². The standard InChI is InChI=1S/C21H18F4N2O/c22-20-6-1-13-11-26-8-7-18(13)19(20)12-27-15-9-17(10-15)28-16-4-2-14(3-5-16)21(23,24)25/h1-8,11,15,17,27H,9-10,12H2/t15-,17-. The van der Waals surface area contributed by atoms with Crippen molar-refractivity contribution in [3.63, 3.8) is 0 Å². The first-order valence-corrected chi connectivity index (χ1v) is 8.98. The van der Waals surface area contributed by atoms with Gasteiger partial charge in [-0.2, -0.15) is 13.2 Å². The van der Waals surface area contributed by atoms with Crippen molar-refractivity contribution in [2.45, 2.75) is 37.7 Å². The van der Waals surface area contributed by atoms with Crippen molar-refractivity contribution in [2.24, 2.45) is 0 Å². The van der Waals surface area contributed by atoms with E-state index >= 15 is 0 Å². The molecule has 0 unspecified atom stereocenters. The Kier molecular flexibility index (Phi) is 4.93. The number of halogens is 4. The topological polar surface area (TPSA) is 34.2 Å². The molecule has 1 saturated carbocycles. The van der Waals surface area contributed by atoms with E-state index in [1.165, 1.54) is 18.2 Å². The van der Waals surface area contributed by atoms with Gasteiger partial charge in [-0.05, 0) is 60.7 Å². The lowest BCUT2D eigenvalue weighted by molar-refractivity contribution is -0.137. The third-order valence-electron chi connectivity index (χ3n) is 5.02. The van der Waals surface area contributed by atoms with Gasteiger partial charge in [0.05, 0.1) is 5.56 Å². The number of fused-ring (bicyclic) bond motifs is 1. The molecule has 0 amide bonds. The minimum atomic E-state index is -4.35. The van der Waals surface area contributed by atoms with Crippen molar-refractivity contribution in [1.29, 1.82) is 0 Å². The van der Waals surface area contributed by atoms with Crippen molar-refractivity contribution in [3.8, 4) is 5.75 Å². The Balaban J connectivity index is 1.30. The summed E-state index contributed by atoms with van der Waals surface area (Å²) in [5.41, 5.74) is -0.0904. The summed E-state index contributed by atoms with van der Waals surface area (Å²) in [6.07, 6.45) is 0.370. The molecule has 1 aliphatic carbocycles. The normalized spacial score (nSPS) is 19.4. The molecule has 1 heterocycles. The average Bonchev–Trinajstić information content (AvgIpc) is 2.64. The maximum atomic E-state index is 14.2. The predicted octanol–water partition coefficient (Wildman–Crippen LogP) is 5.09. The van der Waals surface area contributed by atoms with Crippen LogP contribution in [0.4, 0.5) is 17.6 Å². The molecule has 4 rings (SSSR count). The number of nitrogens with zero attached hydrogens (tertiary/aromatic N) is 1. The van der Waals surface area contributed by atoms with E-state index in [2.05, 4.69) is 10.3 Å². The van der Waals surface area contributed by atoms with E-state index in [9.17, 15) is 17.6 Å². The molecule has 146 valence electrons. The molecule has 7 heteroatoms. The first-order chi connectivity index (χ1) is 13.4. The Morgan fingerprint density at radius 3 is 2.50 bits per heavy atom. The van der Waals surface area contributed by atoms with E-state index < -0.39 is 11.7 Å². The fourth-order valence-corrected chi connectivity index (χ4v) is 3.38. The number of nitrogens with one attached hydrogen (secondary N) is 1. The molecule has 0 radical (unpaired) electrons. The molecule has 0 aliphatic heterocycles. The van der Waals surface area contributed by atoms with Crippen LogP contribution in [0.5, 0.6) is 5.75 Å². The first-order valence-electron chi connectivity index (χ1n) is 8.98. The van der Waals surface area contributed by atoms with Gasteiger partial charge in [0.25, 0.3) is 0 Å². The third kappa shape index (κ3) is 3.94. The van der Waals surface area contributed by atoms with E-state index in [4.69, 9.17) is 4.74 Å². The van der Waals surface area contributed by atoms with Crippen LogP contribution in [-0.2, 0) is 12.7 Å². The van der Waals surface area contributed by atoms with Crippen molar-refractivity contribution in [1.82, 2.24) is 10.3 Å². The highest BCUT2D eigenvalue weighted by atomic mass is 19.4. The fraction of sp³-hybridized carbons (Fsp3) is 0.286. The van der Waals surface area contributed by atoms with Gasteiger partial charge in [0, 0.05) is 35.9 Å². The Bertz CT molecular complexity index is 966. The van der Waals surface area contributed by atoms with E-state index in [-0.39, 0.29) is 18.0 Å². The Labute approximate surface area is 159 Å². The van der Waals surface area contributed by atoms with E-state index in [1.807, 2.05) is 0 Å². The van der Waals surface area contributed by atoms with Crippen LogP contribution in [0, 0.1) is 5.82 Å². The fourth-order valence-electron chi connectivity index (χ4n) is 3.38. The zero-order valence-corrected chi connectivity index (χ0v) is 14.8. The second kappa shape index (κ2) is 7.39. The summed E-state index contributed by atoms with van der Waals surface area (Å²) in [5.74, 6) is 0.159. The number of alkyl halides is 3. The quantitative estimate of drug-likeness (QED) is 0.616. The first kappa shape index (κ1) is 18.7. The molecule has 1 fully saturated rings. The number of rotatable bonds is 5. The molecule has 1 aromatic heterocycles. The summed E-state index contributed by atoms with van der Waals surface area (Å²) in [7, 11) is 0. The van der Waals surface area contributed by atoms with Crippen LogP contribution >= 0.6 is 0 Å². The van der Waals surface area contributed by atoms with E-state index in [1.54, 1.807) is 24.5 Å². The van der Waals surface area contributed by atoms with Gasteiger partial charge in [-0.1, -0.05) is 0 Å². The van der Waals surface area contributed by atoms with Crippen LogP contribution < -0.4 is 10.1 Å². The predicted molar refractivity (Wildman–Crippen MR) is 97.4 cm³/mol. The number of hydrogen-bond acceptors (Lipinski definition) is 3. The molecule has 3 nitrogen and oxygen atoms in total. The molecule has 2 aromatic carbocycles. The highest BCUT2D eigenvalue weighted by molar-refractivity contribution is 5.84. The number of aromatic nitrogens is 1. The highest BCUT2D eigenvalue weighted by Gasteiger charge is 2.32. The summed E-state index contributed by atoms with van der Waals surface area (Å²) >= 11 is 0. The summed E-state index contributed by atoms with van der Waals surface area (Å²) in [4.78, 5) is 4.05. The molecule has 28 heavy (non-hydrogen) atoms. The van der Waals surface area contributed by atoms with Crippen LogP contribution in [0.25, 0.3) is 10.8 Å². The third-order valence-corrected chi connectivity index (χ3v) is 5.02. The highest BCUT2D eigenvalue weighted by Crippen LogP contribution is 2.32. The second-order valence-corrected chi connectivity index (χ2v) is 6.93. The Morgan fingerprint density at radius 1 is 1.04 bits per heavy atom. The smallest absolute Gasteiger partial charge is 0.416 e. The summed E-state index contributed by atoms with van der Waals surface area (Å²) in [6, 6.07) is 9.83.